The zero-order chi connectivity index (χ0) is 15.4. The monoisotopic (exact) mass is 304 g/mol. The maximum Gasteiger partial charge on any atom is 0.186 e. The van der Waals surface area contributed by atoms with E-state index in [1.807, 2.05) is 30.3 Å². The number of hydrogen-bond donors (Lipinski definition) is 1. The first kappa shape index (κ1) is 16.0. The Morgan fingerprint density at radius 3 is 2.43 bits per heavy atom. The molecule has 0 spiro atoms. The van der Waals surface area contributed by atoms with Gasteiger partial charge in [0, 0.05) is 18.7 Å². The van der Waals surface area contributed by atoms with Gasteiger partial charge in [-0.25, -0.2) is 4.98 Å². The van der Waals surface area contributed by atoms with Gasteiger partial charge in [0.05, 0.1) is 17.2 Å². The number of aliphatic hydroxyl groups excluding tert-OH is 1. The molecule has 0 fully saturated rings. The fraction of sp³-hybridized carbons (Fsp3) is 0.471. The van der Waals surface area contributed by atoms with Gasteiger partial charge in [-0.15, -0.1) is 0 Å². The Kier molecular flexibility index (Phi) is 5.37. The Labute approximate surface area is 131 Å². The molecular weight excluding hydrogens is 280 g/mol. The molecule has 0 bridgehead atoms. The van der Waals surface area contributed by atoms with Gasteiger partial charge in [0.25, 0.3) is 0 Å². The number of aromatic nitrogens is 1. The molecule has 1 heterocycles. The van der Waals surface area contributed by atoms with Gasteiger partial charge in [0.15, 0.2) is 5.13 Å². The van der Waals surface area contributed by atoms with Crippen molar-refractivity contribution >= 4 is 16.5 Å². The van der Waals surface area contributed by atoms with Crippen molar-refractivity contribution in [3.63, 3.8) is 0 Å². The minimum absolute atomic E-state index is 0.0360. The van der Waals surface area contributed by atoms with Gasteiger partial charge in [0.2, 0.25) is 0 Å². The van der Waals surface area contributed by atoms with E-state index in [2.05, 4.69) is 32.7 Å². The molecule has 2 aromatic rings. The van der Waals surface area contributed by atoms with E-state index < -0.39 is 0 Å². The number of hydrogen-bond acceptors (Lipinski definition) is 4. The van der Waals surface area contributed by atoms with Crippen LogP contribution in [0.15, 0.2) is 30.3 Å². The molecular formula is C17H24N2OS. The highest BCUT2D eigenvalue weighted by molar-refractivity contribution is 7.16. The summed E-state index contributed by atoms with van der Waals surface area (Å²) >= 11 is 1.58. The summed E-state index contributed by atoms with van der Waals surface area (Å²) in [6.45, 7) is 6.73. The Hall–Kier alpha value is -1.39. The Morgan fingerprint density at radius 2 is 1.86 bits per heavy atom. The first-order valence-electron chi connectivity index (χ1n) is 7.41. The molecule has 0 aliphatic heterocycles. The normalized spacial score (nSPS) is 12.7. The van der Waals surface area contributed by atoms with E-state index in [1.54, 1.807) is 11.3 Å². The van der Waals surface area contributed by atoms with Crippen LogP contribution in [0.4, 0.5) is 5.13 Å². The molecule has 1 atom stereocenters. The van der Waals surface area contributed by atoms with Gasteiger partial charge in [-0.1, -0.05) is 55.5 Å². The van der Waals surface area contributed by atoms with Crippen LogP contribution in [0.25, 0.3) is 11.3 Å². The molecule has 4 heteroatoms. The van der Waals surface area contributed by atoms with Gasteiger partial charge in [-0.05, 0) is 19.3 Å². The first-order chi connectivity index (χ1) is 10.0. The maximum atomic E-state index is 9.61. The zero-order valence-corrected chi connectivity index (χ0v) is 14.0. The second-order valence-electron chi connectivity index (χ2n) is 5.88. The molecule has 1 unspecified atom stereocenters. The fourth-order valence-electron chi connectivity index (χ4n) is 2.45. The van der Waals surface area contributed by atoms with Crippen LogP contribution >= 0.6 is 11.3 Å². The minimum atomic E-state index is 0.0360. The van der Waals surface area contributed by atoms with Crippen molar-refractivity contribution in [3.05, 3.63) is 35.2 Å². The number of thiazole rings is 1. The summed E-state index contributed by atoms with van der Waals surface area (Å²) in [4.78, 5) is 7.91. The number of anilines is 1. The summed E-state index contributed by atoms with van der Waals surface area (Å²) in [5.41, 5.74) is 1.97. The highest BCUT2D eigenvalue weighted by Gasteiger charge is 2.18. The second kappa shape index (κ2) is 7.05. The third-order valence-electron chi connectivity index (χ3n) is 3.65. The summed E-state index contributed by atoms with van der Waals surface area (Å²) in [5, 5.41) is 10.6. The van der Waals surface area contributed by atoms with Crippen LogP contribution in [0.1, 0.15) is 32.1 Å². The summed E-state index contributed by atoms with van der Waals surface area (Å²) in [6, 6.07) is 10.5. The number of rotatable bonds is 6. The summed E-state index contributed by atoms with van der Waals surface area (Å²) < 4.78 is 0. The van der Waals surface area contributed by atoms with Gasteiger partial charge < -0.3 is 10.0 Å². The van der Waals surface area contributed by atoms with Gasteiger partial charge in [0.1, 0.15) is 0 Å². The Bertz CT molecular complexity index is 565. The molecule has 21 heavy (non-hydrogen) atoms. The smallest absolute Gasteiger partial charge is 0.186 e. The number of benzene rings is 1. The second-order valence-corrected chi connectivity index (χ2v) is 6.94. The van der Waals surface area contributed by atoms with Crippen molar-refractivity contribution < 1.29 is 5.11 Å². The van der Waals surface area contributed by atoms with Crippen molar-refractivity contribution in [1.82, 2.24) is 4.98 Å². The molecule has 0 aliphatic rings. The SMILES string of the molecule is CC(C)CC(C)N(C)c1nc(-c2ccccc2)c(CO)s1. The van der Waals surface area contributed by atoms with Gasteiger partial charge in [-0.2, -0.15) is 0 Å². The average molecular weight is 304 g/mol. The lowest BCUT2D eigenvalue weighted by Crippen LogP contribution is -2.29. The zero-order valence-electron chi connectivity index (χ0n) is 13.2. The molecule has 3 nitrogen and oxygen atoms in total. The molecule has 0 saturated carbocycles. The lowest BCUT2D eigenvalue weighted by Gasteiger charge is -2.25. The predicted molar refractivity (Wildman–Crippen MR) is 90.8 cm³/mol. The van der Waals surface area contributed by atoms with Crippen LogP contribution < -0.4 is 4.90 Å². The lowest BCUT2D eigenvalue weighted by atomic mass is 10.0. The van der Waals surface area contributed by atoms with Crippen molar-refractivity contribution in [3.8, 4) is 11.3 Å². The maximum absolute atomic E-state index is 9.61. The largest absolute Gasteiger partial charge is 0.391 e. The van der Waals surface area contributed by atoms with E-state index in [0.29, 0.717) is 12.0 Å². The number of nitrogens with zero attached hydrogens (tertiary/aromatic N) is 2. The van der Waals surface area contributed by atoms with Crippen LogP contribution in [0.2, 0.25) is 0 Å². The number of aliphatic hydroxyl groups is 1. The van der Waals surface area contributed by atoms with Crippen LogP contribution in [0.5, 0.6) is 0 Å². The van der Waals surface area contributed by atoms with Crippen LogP contribution in [0.3, 0.4) is 0 Å². The van der Waals surface area contributed by atoms with E-state index in [-0.39, 0.29) is 6.61 Å². The van der Waals surface area contributed by atoms with E-state index in [9.17, 15) is 5.11 Å². The van der Waals surface area contributed by atoms with Crippen LogP contribution in [-0.4, -0.2) is 23.2 Å². The Morgan fingerprint density at radius 1 is 1.19 bits per heavy atom. The molecule has 0 aliphatic carbocycles. The third kappa shape index (κ3) is 3.83. The molecule has 114 valence electrons. The highest BCUT2D eigenvalue weighted by Crippen LogP contribution is 2.33. The van der Waals surface area contributed by atoms with E-state index in [1.165, 1.54) is 0 Å². The molecule has 0 amide bonds. The molecule has 2 rings (SSSR count). The molecule has 0 saturated heterocycles. The van der Waals surface area contributed by atoms with Gasteiger partial charge in [-0.3, -0.25) is 0 Å². The van der Waals surface area contributed by atoms with Crippen molar-refractivity contribution in [2.45, 2.75) is 39.8 Å². The fourth-order valence-corrected chi connectivity index (χ4v) is 3.45. The quantitative estimate of drug-likeness (QED) is 0.870. The average Bonchev–Trinajstić information content (AvgIpc) is 2.90. The lowest BCUT2D eigenvalue weighted by molar-refractivity contribution is 0.286. The van der Waals surface area contributed by atoms with Crippen molar-refractivity contribution in [2.24, 2.45) is 5.92 Å². The Balaban J connectivity index is 2.28. The topological polar surface area (TPSA) is 36.4 Å². The van der Waals surface area contributed by atoms with Crippen molar-refractivity contribution in [1.29, 1.82) is 0 Å². The molecule has 0 radical (unpaired) electrons. The highest BCUT2D eigenvalue weighted by atomic mass is 32.1. The van der Waals surface area contributed by atoms with Crippen LogP contribution in [0, 0.1) is 5.92 Å². The molecule has 1 N–H and O–H groups in total. The summed E-state index contributed by atoms with van der Waals surface area (Å²) in [7, 11) is 2.09. The summed E-state index contributed by atoms with van der Waals surface area (Å²) in [6.07, 6.45) is 1.13. The van der Waals surface area contributed by atoms with E-state index in [4.69, 9.17) is 4.98 Å². The van der Waals surface area contributed by atoms with Gasteiger partial charge >= 0.3 is 0 Å². The van der Waals surface area contributed by atoms with Crippen LogP contribution in [-0.2, 0) is 6.61 Å². The van der Waals surface area contributed by atoms with Crippen molar-refractivity contribution in [2.75, 3.05) is 11.9 Å². The predicted octanol–water partition coefficient (Wildman–Crippen LogP) is 4.17. The molecule has 1 aromatic carbocycles. The summed E-state index contributed by atoms with van der Waals surface area (Å²) in [5.74, 6) is 0.660. The standard InChI is InChI=1S/C17H24N2OS/c1-12(2)10-13(3)19(4)17-18-16(15(11-20)21-17)14-8-6-5-7-9-14/h5-9,12-13,20H,10-11H2,1-4H3. The van der Waals surface area contributed by atoms with E-state index in [0.717, 1.165) is 27.7 Å². The minimum Gasteiger partial charge on any atom is -0.391 e. The van der Waals surface area contributed by atoms with E-state index >= 15 is 0 Å². The third-order valence-corrected chi connectivity index (χ3v) is 4.78. The molecule has 1 aromatic heterocycles. The first-order valence-corrected chi connectivity index (χ1v) is 8.23.